The number of hydrogen-bond acceptors (Lipinski definition) is 1. The summed E-state index contributed by atoms with van der Waals surface area (Å²) in [6, 6.07) is 34.4. The number of aryl methyl sites for hydroxylation is 2. The number of carbonyl (C=O) groups is 1. The van der Waals surface area contributed by atoms with Gasteiger partial charge >= 0.3 is 0 Å². The van der Waals surface area contributed by atoms with Gasteiger partial charge in [-0.1, -0.05) is 67.9 Å². The Bertz CT molecular complexity index is 1160. The molecule has 0 aliphatic rings. The molecule has 1 unspecified atom stereocenters. The van der Waals surface area contributed by atoms with Crippen LogP contribution in [0.3, 0.4) is 0 Å². The second kappa shape index (κ2) is 11.0. The van der Waals surface area contributed by atoms with Crippen LogP contribution in [0.4, 0.5) is 10.1 Å². The second-order valence-electron chi connectivity index (χ2n) is 8.94. The minimum Gasteiger partial charge on any atom is -0.322 e. The molecule has 1 atom stereocenters. The summed E-state index contributed by atoms with van der Waals surface area (Å²) in [7, 11) is -2.40. The smallest absolute Gasteiger partial charge is 0.266 e. The van der Waals surface area contributed by atoms with E-state index in [9.17, 15) is 9.18 Å². The molecule has 4 rings (SSSR count). The van der Waals surface area contributed by atoms with E-state index < -0.39 is 7.26 Å². The maximum atomic E-state index is 14.3. The van der Waals surface area contributed by atoms with Gasteiger partial charge < -0.3 is 5.32 Å². The molecule has 4 aromatic carbocycles. The van der Waals surface area contributed by atoms with E-state index in [2.05, 4.69) is 85.0 Å². The van der Waals surface area contributed by atoms with Crippen LogP contribution in [0.5, 0.6) is 0 Å². The fourth-order valence-electron chi connectivity index (χ4n) is 5.06. The summed E-state index contributed by atoms with van der Waals surface area (Å²) in [5, 5.41) is 6.76. The van der Waals surface area contributed by atoms with Gasteiger partial charge in [0, 0.05) is 5.69 Å². The molecule has 178 valence electrons. The maximum Gasteiger partial charge on any atom is 0.266 e. The molecule has 0 aliphatic carbocycles. The molecule has 1 N–H and O–H groups in total. The molecule has 4 heteroatoms. The Morgan fingerprint density at radius 3 is 1.54 bits per heavy atom. The first kappa shape index (κ1) is 24.8. The van der Waals surface area contributed by atoms with E-state index in [0.29, 0.717) is 5.69 Å². The minimum atomic E-state index is -2.40. The number of amides is 1. The van der Waals surface area contributed by atoms with Crippen molar-refractivity contribution in [2.75, 3.05) is 5.32 Å². The predicted molar refractivity (Wildman–Crippen MR) is 148 cm³/mol. The Morgan fingerprint density at radius 2 is 1.17 bits per heavy atom. The summed E-state index contributed by atoms with van der Waals surface area (Å²) in [6.45, 7) is 5.81. The average molecular weight is 485 g/mol. The maximum absolute atomic E-state index is 14.3. The molecule has 0 aliphatic heterocycles. The molecule has 0 saturated heterocycles. The second-order valence-corrected chi connectivity index (χ2v) is 12.6. The summed E-state index contributed by atoms with van der Waals surface area (Å²) in [6.07, 6.45) is 1.60. The summed E-state index contributed by atoms with van der Waals surface area (Å²) < 4.78 is 14.0. The molecule has 0 spiro atoms. The highest BCUT2D eigenvalue weighted by Crippen LogP contribution is 2.61. The Kier molecular flexibility index (Phi) is 7.78. The van der Waals surface area contributed by atoms with E-state index in [1.807, 2.05) is 32.0 Å². The Morgan fingerprint density at radius 1 is 0.771 bits per heavy atom. The lowest BCUT2D eigenvalue weighted by atomic mass is 10.1. The van der Waals surface area contributed by atoms with Crippen LogP contribution in [0.15, 0.2) is 103 Å². The first-order valence-electron chi connectivity index (χ1n) is 12.1. The van der Waals surface area contributed by atoms with Crippen molar-refractivity contribution >= 4 is 34.8 Å². The van der Waals surface area contributed by atoms with Gasteiger partial charge in [0.2, 0.25) is 0 Å². The normalized spacial score (nSPS) is 12.2. The van der Waals surface area contributed by atoms with E-state index in [1.54, 1.807) is 0 Å². The number of carbonyl (C=O) groups excluding carboxylic acids is 1. The molecular formula is C31H32FNOP+. The highest BCUT2D eigenvalue weighted by molar-refractivity contribution is 7.96. The van der Waals surface area contributed by atoms with Gasteiger partial charge in [-0.25, -0.2) is 4.39 Å². The van der Waals surface area contributed by atoms with Crippen LogP contribution in [0.25, 0.3) is 0 Å². The topological polar surface area (TPSA) is 29.1 Å². The van der Waals surface area contributed by atoms with Crippen LogP contribution in [-0.4, -0.2) is 11.6 Å². The van der Waals surface area contributed by atoms with Gasteiger partial charge in [-0.2, -0.15) is 0 Å². The largest absolute Gasteiger partial charge is 0.322 e. The van der Waals surface area contributed by atoms with Crippen LogP contribution in [0.2, 0.25) is 0 Å². The van der Waals surface area contributed by atoms with Gasteiger partial charge in [-0.15, -0.1) is 0 Å². The highest BCUT2D eigenvalue weighted by atomic mass is 31.2. The fourth-order valence-corrected chi connectivity index (χ4v) is 10.0. The monoisotopic (exact) mass is 484 g/mol. The van der Waals surface area contributed by atoms with Gasteiger partial charge in [0.1, 0.15) is 29.0 Å². The number of anilines is 1. The van der Waals surface area contributed by atoms with Crippen LogP contribution >= 0.6 is 7.26 Å². The minimum absolute atomic E-state index is 0.0189. The van der Waals surface area contributed by atoms with Crippen LogP contribution in [-0.2, 0) is 4.79 Å². The van der Waals surface area contributed by atoms with Crippen molar-refractivity contribution in [3.05, 3.63) is 120 Å². The van der Waals surface area contributed by atoms with Gasteiger partial charge in [0.25, 0.3) is 5.91 Å². The van der Waals surface area contributed by atoms with E-state index in [-0.39, 0.29) is 17.4 Å². The van der Waals surface area contributed by atoms with Crippen molar-refractivity contribution in [2.45, 2.75) is 39.3 Å². The van der Waals surface area contributed by atoms with Crippen LogP contribution < -0.4 is 21.2 Å². The summed E-state index contributed by atoms with van der Waals surface area (Å²) in [5.74, 6) is -0.308. The van der Waals surface area contributed by atoms with E-state index in [1.165, 1.54) is 28.0 Å². The Hall–Kier alpha value is -3.29. The molecule has 1 amide bonds. The molecule has 0 bridgehead atoms. The average Bonchev–Trinajstić information content (AvgIpc) is 2.88. The molecule has 0 saturated carbocycles. The molecule has 0 aromatic heterocycles. The lowest BCUT2D eigenvalue weighted by molar-refractivity contribution is -0.115. The zero-order chi connectivity index (χ0) is 24.8. The predicted octanol–water partition coefficient (Wildman–Crippen LogP) is 6.54. The number of rotatable bonds is 8. The van der Waals surface area contributed by atoms with Crippen molar-refractivity contribution in [3.8, 4) is 0 Å². The SMILES string of the molecule is CCCC(C(=O)Nc1c(C)cc(F)cc1C)[P+](c1ccccc1)(c1ccccc1)c1ccccc1. The van der Waals surface area contributed by atoms with Gasteiger partial charge in [0.05, 0.1) is 0 Å². The van der Waals surface area contributed by atoms with E-state index in [0.717, 1.165) is 24.0 Å². The Balaban J connectivity index is 1.97. The first-order valence-corrected chi connectivity index (χ1v) is 14.0. The van der Waals surface area contributed by atoms with E-state index in [4.69, 9.17) is 0 Å². The summed E-state index contributed by atoms with van der Waals surface area (Å²) in [4.78, 5) is 14.3. The van der Waals surface area contributed by atoms with Crippen molar-refractivity contribution in [1.29, 1.82) is 0 Å². The van der Waals surface area contributed by atoms with Crippen molar-refractivity contribution < 1.29 is 9.18 Å². The van der Waals surface area contributed by atoms with Crippen molar-refractivity contribution in [1.82, 2.24) is 0 Å². The van der Waals surface area contributed by atoms with Gasteiger partial charge in [-0.05, 0) is 79.9 Å². The zero-order valence-corrected chi connectivity index (χ0v) is 21.4. The standard InChI is InChI=1S/C31H31FNOP/c1-4-14-29(31(34)33-30-23(2)21-25(32)22-24(30)3)35(26-15-8-5-9-16-26,27-17-10-6-11-18-27)28-19-12-7-13-20-28/h5-13,15-22,29H,4,14H2,1-3H3/p+1. The van der Waals surface area contributed by atoms with Crippen LogP contribution in [0.1, 0.15) is 30.9 Å². The summed E-state index contributed by atoms with van der Waals surface area (Å²) in [5.41, 5.74) is 1.87. The molecule has 4 aromatic rings. The number of nitrogens with one attached hydrogen (secondary N) is 1. The van der Waals surface area contributed by atoms with Gasteiger partial charge in [0.15, 0.2) is 5.66 Å². The van der Waals surface area contributed by atoms with Crippen molar-refractivity contribution in [2.24, 2.45) is 0 Å². The van der Waals surface area contributed by atoms with Gasteiger partial charge in [-0.3, -0.25) is 4.79 Å². The third-order valence-electron chi connectivity index (χ3n) is 6.57. The number of hydrogen-bond donors (Lipinski definition) is 1. The zero-order valence-electron chi connectivity index (χ0n) is 20.5. The third-order valence-corrected chi connectivity index (χ3v) is 11.3. The lowest BCUT2D eigenvalue weighted by Gasteiger charge is -2.34. The molecule has 0 radical (unpaired) electrons. The van der Waals surface area contributed by atoms with E-state index >= 15 is 0 Å². The van der Waals surface area contributed by atoms with Crippen molar-refractivity contribution in [3.63, 3.8) is 0 Å². The number of benzene rings is 4. The first-order chi connectivity index (χ1) is 17.0. The molecule has 2 nitrogen and oxygen atoms in total. The Labute approximate surface area is 208 Å². The quantitative estimate of drug-likeness (QED) is 0.283. The van der Waals surface area contributed by atoms with Crippen LogP contribution in [0, 0.1) is 19.7 Å². The fraction of sp³-hybridized carbons (Fsp3) is 0.194. The molecular weight excluding hydrogens is 452 g/mol. The number of halogens is 1. The highest BCUT2D eigenvalue weighted by Gasteiger charge is 2.55. The lowest BCUT2D eigenvalue weighted by Crippen LogP contribution is -2.44. The molecule has 0 fully saturated rings. The molecule has 35 heavy (non-hydrogen) atoms. The third kappa shape index (κ3) is 4.92. The summed E-state index contributed by atoms with van der Waals surface area (Å²) >= 11 is 0. The molecule has 0 heterocycles.